The summed E-state index contributed by atoms with van der Waals surface area (Å²) in [5.74, 6) is -0.949. The molecule has 6 heteroatoms. The molecule has 0 aliphatic rings. The second kappa shape index (κ2) is 5.17. The summed E-state index contributed by atoms with van der Waals surface area (Å²) in [5.41, 5.74) is 1.51. The fourth-order valence-corrected chi connectivity index (χ4v) is 3.68. The summed E-state index contributed by atoms with van der Waals surface area (Å²) in [6, 6.07) is 2.04. The lowest BCUT2D eigenvalue weighted by molar-refractivity contribution is 0.0697. The summed E-state index contributed by atoms with van der Waals surface area (Å²) in [4.78, 5) is 18.1. The lowest BCUT2D eigenvalue weighted by atomic mass is 10.2. The van der Waals surface area contributed by atoms with Gasteiger partial charge >= 0.3 is 5.97 Å². The molecule has 0 aliphatic heterocycles. The summed E-state index contributed by atoms with van der Waals surface area (Å²) in [6.45, 7) is 4.27. The first-order valence-electron chi connectivity index (χ1n) is 5.32. The number of methoxy groups -OCH3 is 1. The van der Waals surface area contributed by atoms with Gasteiger partial charge in [-0.1, -0.05) is 0 Å². The Kier molecular flexibility index (Phi) is 3.79. The first kappa shape index (κ1) is 13.2. The van der Waals surface area contributed by atoms with E-state index < -0.39 is 5.97 Å². The van der Waals surface area contributed by atoms with E-state index in [4.69, 9.17) is 9.84 Å². The third-order valence-corrected chi connectivity index (χ3v) is 4.53. The van der Waals surface area contributed by atoms with Crippen LogP contribution < -0.4 is 0 Å². The largest absolute Gasteiger partial charge is 0.477 e. The van der Waals surface area contributed by atoms with E-state index in [0.29, 0.717) is 5.69 Å². The number of aromatic carboxylic acids is 1. The number of hydrogen-bond acceptors (Lipinski definition) is 5. The van der Waals surface area contributed by atoms with E-state index in [9.17, 15) is 4.79 Å². The molecule has 0 unspecified atom stereocenters. The van der Waals surface area contributed by atoms with Gasteiger partial charge in [-0.15, -0.1) is 22.7 Å². The van der Waals surface area contributed by atoms with Crippen molar-refractivity contribution in [2.24, 2.45) is 0 Å². The molecule has 0 bridgehead atoms. The normalized spacial score (nSPS) is 10.8. The molecule has 0 fully saturated rings. The third-order valence-electron chi connectivity index (χ3n) is 2.44. The Morgan fingerprint density at radius 2 is 2.17 bits per heavy atom. The molecule has 0 saturated heterocycles. The Morgan fingerprint density at radius 3 is 2.67 bits per heavy atom. The van der Waals surface area contributed by atoms with Gasteiger partial charge in [0.05, 0.1) is 12.3 Å². The van der Waals surface area contributed by atoms with Crippen molar-refractivity contribution in [1.29, 1.82) is 0 Å². The van der Waals surface area contributed by atoms with Crippen LogP contribution in [0.1, 0.15) is 25.1 Å². The zero-order valence-electron chi connectivity index (χ0n) is 10.3. The molecule has 4 nitrogen and oxygen atoms in total. The summed E-state index contributed by atoms with van der Waals surface area (Å²) in [5, 5.41) is 9.90. The summed E-state index contributed by atoms with van der Waals surface area (Å²) in [6.07, 6.45) is 0. The standard InChI is InChI=1S/C12H13NO3S2/c1-6-4-8(7(2)17-6)11-13-9(5-16-3)10(18-11)12(14)15/h4H,5H2,1-3H3,(H,14,15). The minimum Gasteiger partial charge on any atom is -0.477 e. The average molecular weight is 283 g/mol. The average Bonchev–Trinajstić information content (AvgIpc) is 2.83. The summed E-state index contributed by atoms with van der Waals surface area (Å²) in [7, 11) is 1.53. The number of rotatable bonds is 4. The van der Waals surface area contributed by atoms with Gasteiger partial charge in [-0.3, -0.25) is 0 Å². The lowest BCUT2D eigenvalue weighted by Crippen LogP contribution is -1.99. The van der Waals surface area contributed by atoms with E-state index >= 15 is 0 Å². The quantitative estimate of drug-likeness (QED) is 0.935. The van der Waals surface area contributed by atoms with Crippen molar-refractivity contribution in [2.75, 3.05) is 7.11 Å². The van der Waals surface area contributed by atoms with Gasteiger partial charge in [0, 0.05) is 22.4 Å². The van der Waals surface area contributed by atoms with E-state index in [0.717, 1.165) is 15.4 Å². The molecule has 96 valence electrons. The first-order chi connectivity index (χ1) is 8.52. The lowest BCUT2D eigenvalue weighted by Gasteiger charge is -1.94. The molecule has 0 radical (unpaired) electrons. The second-order valence-electron chi connectivity index (χ2n) is 3.86. The van der Waals surface area contributed by atoms with E-state index in [1.807, 2.05) is 19.9 Å². The van der Waals surface area contributed by atoms with Crippen LogP contribution in [0, 0.1) is 13.8 Å². The molecular formula is C12H13NO3S2. The molecular weight excluding hydrogens is 270 g/mol. The molecule has 0 aliphatic carbocycles. The summed E-state index contributed by atoms with van der Waals surface area (Å²) >= 11 is 2.89. The molecule has 18 heavy (non-hydrogen) atoms. The van der Waals surface area contributed by atoms with E-state index in [1.54, 1.807) is 11.3 Å². The smallest absolute Gasteiger partial charge is 0.347 e. The van der Waals surface area contributed by atoms with Crippen molar-refractivity contribution in [3.63, 3.8) is 0 Å². The Morgan fingerprint density at radius 1 is 1.44 bits per heavy atom. The highest BCUT2D eigenvalue weighted by molar-refractivity contribution is 7.18. The van der Waals surface area contributed by atoms with E-state index in [2.05, 4.69) is 4.98 Å². The van der Waals surface area contributed by atoms with Crippen molar-refractivity contribution >= 4 is 28.6 Å². The number of aromatic nitrogens is 1. The zero-order valence-corrected chi connectivity index (χ0v) is 11.9. The van der Waals surface area contributed by atoms with Gasteiger partial charge in [0.15, 0.2) is 0 Å². The monoisotopic (exact) mass is 283 g/mol. The van der Waals surface area contributed by atoms with Crippen molar-refractivity contribution < 1.29 is 14.6 Å². The van der Waals surface area contributed by atoms with Gasteiger partial charge in [-0.2, -0.15) is 0 Å². The number of thiophene rings is 1. The van der Waals surface area contributed by atoms with Crippen molar-refractivity contribution in [2.45, 2.75) is 20.5 Å². The Bertz CT molecular complexity index is 586. The SMILES string of the molecule is COCc1nc(-c2cc(C)sc2C)sc1C(=O)O. The van der Waals surface area contributed by atoms with Gasteiger partial charge in [-0.05, 0) is 19.9 Å². The van der Waals surface area contributed by atoms with Crippen molar-refractivity contribution in [3.8, 4) is 10.6 Å². The van der Waals surface area contributed by atoms with Crippen LogP contribution in [-0.4, -0.2) is 23.2 Å². The number of aryl methyl sites for hydroxylation is 2. The van der Waals surface area contributed by atoms with Gasteiger partial charge in [-0.25, -0.2) is 9.78 Å². The number of carboxylic acids is 1. The van der Waals surface area contributed by atoms with Crippen LogP contribution in [0.25, 0.3) is 10.6 Å². The minimum atomic E-state index is -0.949. The fraction of sp³-hybridized carbons (Fsp3) is 0.333. The number of thiazole rings is 1. The van der Waals surface area contributed by atoms with Crippen LogP contribution in [0.3, 0.4) is 0 Å². The molecule has 0 atom stereocenters. The van der Waals surface area contributed by atoms with E-state index in [-0.39, 0.29) is 11.5 Å². The highest BCUT2D eigenvalue weighted by Gasteiger charge is 2.19. The molecule has 0 spiro atoms. The molecule has 0 aromatic carbocycles. The van der Waals surface area contributed by atoms with Crippen molar-refractivity contribution in [1.82, 2.24) is 4.98 Å². The maximum atomic E-state index is 11.1. The topological polar surface area (TPSA) is 59.4 Å². The molecule has 0 amide bonds. The Balaban J connectivity index is 2.49. The Hall–Kier alpha value is -1.24. The van der Waals surface area contributed by atoms with Crippen LogP contribution in [0.4, 0.5) is 0 Å². The molecule has 1 N–H and O–H groups in total. The highest BCUT2D eigenvalue weighted by Crippen LogP contribution is 2.34. The highest BCUT2D eigenvalue weighted by atomic mass is 32.1. The zero-order chi connectivity index (χ0) is 13.3. The number of hydrogen-bond donors (Lipinski definition) is 1. The third kappa shape index (κ3) is 2.45. The second-order valence-corrected chi connectivity index (χ2v) is 6.32. The molecule has 2 aromatic heterocycles. The first-order valence-corrected chi connectivity index (χ1v) is 6.95. The predicted molar refractivity (Wildman–Crippen MR) is 72.6 cm³/mol. The predicted octanol–water partition coefficient (Wildman–Crippen LogP) is 3.33. The number of nitrogens with zero attached hydrogens (tertiary/aromatic N) is 1. The summed E-state index contributed by atoms with van der Waals surface area (Å²) < 4.78 is 4.99. The number of carbonyl (C=O) groups is 1. The molecule has 2 aromatic rings. The minimum absolute atomic E-state index is 0.223. The van der Waals surface area contributed by atoms with Gasteiger partial charge in [0.1, 0.15) is 9.88 Å². The van der Waals surface area contributed by atoms with Gasteiger partial charge < -0.3 is 9.84 Å². The maximum Gasteiger partial charge on any atom is 0.347 e. The van der Waals surface area contributed by atoms with Crippen LogP contribution in [0.5, 0.6) is 0 Å². The molecule has 2 rings (SSSR count). The Labute approximate surface area is 113 Å². The molecule has 2 heterocycles. The van der Waals surface area contributed by atoms with Crippen LogP contribution in [-0.2, 0) is 11.3 Å². The van der Waals surface area contributed by atoms with E-state index in [1.165, 1.54) is 23.3 Å². The van der Waals surface area contributed by atoms with Crippen molar-refractivity contribution in [3.05, 3.63) is 26.4 Å². The number of ether oxygens (including phenoxy) is 1. The molecule has 0 saturated carbocycles. The maximum absolute atomic E-state index is 11.1. The van der Waals surface area contributed by atoms with Crippen LogP contribution in [0.15, 0.2) is 6.07 Å². The van der Waals surface area contributed by atoms with Gasteiger partial charge in [0.2, 0.25) is 0 Å². The number of carboxylic acid groups (broad SMARTS) is 1. The van der Waals surface area contributed by atoms with Gasteiger partial charge in [0.25, 0.3) is 0 Å². The van der Waals surface area contributed by atoms with Crippen LogP contribution in [0.2, 0.25) is 0 Å². The van der Waals surface area contributed by atoms with Crippen LogP contribution >= 0.6 is 22.7 Å². The fourth-order valence-electron chi connectivity index (χ4n) is 1.71.